The third kappa shape index (κ3) is 4.50. The van der Waals surface area contributed by atoms with Crippen LogP contribution in [0.2, 0.25) is 0 Å². The lowest BCUT2D eigenvalue weighted by atomic mass is 9.75. The standard InChI is InChI=1S/C21H30N2O2/c1-2-3-12-23(17-24)15-19-6-4-18(5-7-19)8-11-21(25)16-22-13-9-20(21)10-14-22/h4-8,11,17,20,25H,2-3,9-10,12-16H2,1H3. The van der Waals surface area contributed by atoms with E-state index in [9.17, 15) is 9.90 Å². The summed E-state index contributed by atoms with van der Waals surface area (Å²) in [7, 11) is 0. The van der Waals surface area contributed by atoms with Gasteiger partial charge in [-0.05, 0) is 49.4 Å². The zero-order valence-corrected chi connectivity index (χ0v) is 15.2. The van der Waals surface area contributed by atoms with Crippen molar-refractivity contribution < 1.29 is 9.90 Å². The molecule has 1 amide bonds. The molecule has 1 aromatic rings. The lowest BCUT2D eigenvalue weighted by molar-refractivity contribution is -0.118. The van der Waals surface area contributed by atoms with Gasteiger partial charge in [0.1, 0.15) is 0 Å². The molecule has 0 radical (unpaired) electrons. The van der Waals surface area contributed by atoms with Crippen LogP contribution >= 0.6 is 0 Å². The first-order valence-electron chi connectivity index (χ1n) is 9.55. The van der Waals surface area contributed by atoms with Gasteiger partial charge in [0, 0.05) is 19.6 Å². The van der Waals surface area contributed by atoms with Gasteiger partial charge in [-0.2, -0.15) is 0 Å². The van der Waals surface area contributed by atoms with Crippen molar-refractivity contribution in [3.8, 4) is 0 Å². The highest BCUT2D eigenvalue weighted by molar-refractivity contribution is 5.52. The first kappa shape index (κ1) is 18.2. The topological polar surface area (TPSA) is 43.8 Å². The van der Waals surface area contributed by atoms with E-state index in [2.05, 4.69) is 36.1 Å². The molecule has 25 heavy (non-hydrogen) atoms. The highest BCUT2D eigenvalue weighted by Gasteiger charge is 2.43. The summed E-state index contributed by atoms with van der Waals surface area (Å²) in [5.41, 5.74) is 1.56. The quantitative estimate of drug-likeness (QED) is 0.739. The Balaban J connectivity index is 1.59. The summed E-state index contributed by atoms with van der Waals surface area (Å²) in [6.07, 6.45) is 9.30. The zero-order valence-electron chi connectivity index (χ0n) is 15.2. The number of fused-ring (bicyclic) bond motifs is 3. The Kier molecular flexibility index (Phi) is 5.92. The van der Waals surface area contributed by atoms with Crippen molar-refractivity contribution in [2.75, 3.05) is 26.2 Å². The van der Waals surface area contributed by atoms with Gasteiger partial charge in [-0.25, -0.2) is 0 Å². The molecule has 0 saturated carbocycles. The van der Waals surface area contributed by atoms with Crippen LogP contribution < -0.4 is 0 Å². The predicted octanol–water partition coefficient (Wildman–Crippen LogP) is 2.92. The molecule has 0 spiro atoms. The first-order valence-corrected chi connectivity index (χ1v) is 9.55. The molecular formula is C21H30N2O2. The zero-order chi connectivity index (χ0) is 17.7. The van der Waals surface area contributed by atoms with E-state index in [4.69, 9.17) is 0 Å². The number of benzene rings is 1. The van der Waals surface area contributed by atoms with Crippen LogP contribution in [0.5, 0.6) is 0 Å². The first-order chi connectivity index (χ1) is 12.1. The Labute approximate surface area is 151 Å². The van der Waals surface area contributed by atoms with Crippen LogP contribution in [0, 0.1) is 5.92 Å². The molecule has 3 heterocycles. The number of carbonyl (C=O) groups is 1. The van der Waals surface area contributed by atoms with Crippen LogP contribution in [-0.2, 0) is 11.3 Å². The number of amides is 1. The van der Waals surface area contributed by atoms with Gasteiger partial charge in [0.25, 0.3) is 0 Å². The second-order valence-corrected chi connectivity index (χ2v) is 7.55. The molecular weight excluding hydrogens is 312 g/mol. The van der Waals surface area contributed by atoms with E-state index in [-0.39, 0.29) is 0 Å². The highest BCUT2D eigenvalue weighted by atomic mass is 16.3. The molecule has 3 aliphatic heterocycles. The van der Waals surface area contributed by atoms with Crippen molar-refractivity contribution in [3.05, 3.63) is 41.5 Å². The lowest BCUT2D eigenvalue weighted by Crippen LogP contribution is -2.58. The summed E-state index contributed by atoms with van der Waals surface area (Å²) in [6.45, 7) is 6.62. The van der Waals surface area contributed by atoms with Gasteiger partial charge in [-0.15, -0.1) is 0 Å². The van der Waals surface area contributed by atoms with Crippen molar-refractivity contribution >= 4 is 12.5 Å². The van der Waals surface area contributed by atoms with Crippen LogP contribution in [0.3, 0.4) is 0 Å². The summed E-state index contributed by atoms with van der Waals surface area (Å²) in [5.74, 6) is 0.396. The van der Waals surface area contributed by atoms with E-state index in [0.717, 1.165) is 69.4 Å². The van der Waals surface area contributed by atoms with E-state index >= 15 is 0 Å². The third-order valence-corrected chi connectivity index (χ3v) is 5.65. The van der Waals surface area contributed by atoms with Crippen LogP contribution in [-0.4, -0.2) is 53.1 Å². The molecule has 1 atom stereocenters. The molecule has 2 bridgehead atoms. The Morgan fingerprint density at radius 1 is 1.28 bits per heavy atom. The summed E-state index contributed by atoms with van der Waals surface area (Å²) < 4.78 is 0. The van der Waals surface area contributed by atoms with Crippen molar-refractivity contribution in [2.24, 2.45) is 5.92 Å². The Morgan fingerprint density at radius 2 is 2.00 bits per heavy atom. The van der Waals surface area contributed by atoms with Gasteiger partial charge in [0.05, 0.1) is 5.60 Å². The second-order valence-electron chi connectivity index (χ2n) is 7.55. The minimum absolute atomic E-state index is 0.396. The van der Waals surface area contributed by atoms with Crippen LogP contribution in [0.15, 0.2) is 30.3 Å². The number of unbranched alkanes of at least 4 members (excludes halogenated alkanes) is 1. The van der Waals surface area contributed by atoms with Gasteiger partial charge >= 0.3 is 0 Å². The Bertz CT molecular complexity index is 590. The number of nitrogens with zero attached hydrogens (tertiary/aromatic N) is 2. The Morgan fingerprint density at radius 3 is 2.56 bits per heavy atom. The molecule has 3 fully saturated rings. The maximum Gasteiger partial charge on any atom is 0.210 e. The molecule has 3 saturated heterocycles. The van der Waals surface area contributed by atoms with Crippen LogP contribution in [0.25, 0.3) is 6.08 Å². The van der Waals surface area contributed by atoms with Gasteiger partial charge < -0.3 is 14.9 Å². The van der Waals surface area contributed by atoms with Gasteiger partial charge in [0.2, 0.25) is 6.41 Å². The van der Waals surface area contributed by atoms with Crippen molar-refractivity contribution in [3.63, 3.8) is 0 Å². The molecule has 4 nitrogen and oxygen atoms in total. The maximum atomic E-state index is 11.1. The monoisotopic (exact) mass is 342 g/mol. The van der Waals surface area contributed by atoms with E-state index < -0.39 is 5.60 Å². The number of piperidine rings is 3. The number of aliphatic hydroxyl groups is 1. The fraction of sp³-hybridized carbons (Fsp3) is 0.571. The van der Waals surface area contributed by atoms with Crippen LogP contribution in [0.1, 0.15) is 43.7 Å². The summed E-state index contributed by atoms with van der Waals surface area (Å²) in [4.78, 5) is 15.3. The smallest absolute Gasteiger partial charge is 0.210 e. The number of carbonyl (C=O) groups excluding carboxylic acids is 1. The minimum Gasteiger partial charge on any atom is -0.384 e. The second kappa shape index (κ2) is 8.15. The van der Waals surface area contributed by atoms with E-state index in [1.54, 1.807) is 0 Å². The van der Waals surface area contributed by atoms with Crippen LogP contribution in [0.4, 0.5) is 0 Å². The molecule has 1 aromatic carbocycles. The summed E-state index contributed by atoms with van der Waals surface area (Å²) >= 11 is 0. The van der Waals surface area contributed by atoms with E-state index in [1.165, 1.54) is 0 Å². The fourth-order valence-corrected chi connectivity index (χ4v) is 4.01. The van der Waals surface area contributed by atoms with Crippen molar-refractivity contribution in [1.29, 1.82) is 0 Å². The number of hydrogen-bond acceptors (Lipinski definition) is 3. The molecule has 1 N–H and O–H groups in total. The summed E-state index contributed by atoms with van der Waals surface area (Å²) in [6, 6.07) is 8.28. The molecule has 4 heteroatoms. The average Bonchev–Trinajstić information content (AvgIpc) is 2.65. The molecule has 0 aromatic heterocycles. The predicted molar refractivity (Wildman–Crippen MR) is 101 cm³/mol. The highest BCUT2D eigenvalue weighted by Crippen LogP contribution is 2.36. The number of hydrogen-bond donors (Lipinski definition) is 1. The van der Waals surface area contributed by atoms with Gasteiger partial charge in [-0.3, -0.25) is 4.79 Å². The molecule has 1 unspecified atom stereocenters. The molecule has 0 aliphatic carbocycles. The average molecular weight is 342 g/mol. The van der Waals surface area contributed by atoms with E-state index in [0.29, 0.717) is 12.5 Å². The SMILES string of the molecule is CCCCN(C=O)Cc1ccc(C=CC2(O)CN3CCC2CC3)cc1. The maximum absolute atomic E-state index is 11.1. The minimum atomic E-state index is -0.677. The van der Waals surface area contributed by atoms with Crippen molar-refractivity contribution in [1.82, 2.24) is 9.80 Å². The molecule has 3 aliphatic rings. The summed E-state index contributed by atoms with van der Waals surface area (Å²) in [5, 5.41) is 10.9. The van der Waals surface area contributed by atoms with Gasteiger partial charge in [-0.1, -0.05) is 49.8 Å². The third-order valence-electron chi connectivity index (χ3n) is 5.65. The lowest BCUT2D eigenvalue weighted by Gasteiger charge is -2.49. The van der Waals surface area contributed by atoms with Gasteiger partial charge in [0.15, 0.2) is 0 Å². The van der Waals surface area contributed by atoms with Crippen molar-refractivity contribution in [2.45, 2.75) is 44.8 Å². The van der Waals surface area contributed by atoms with E-state index in [1.807, 2.05) is 17.1 Å². The normalized spacial score (nSPS) is 28.4. The Hall–Kier alpha value is -1.65. The fourth-order valence-electron chi connectivity index (χ4n) is 4.01. The number of rotatable bonds is 8. The molecule has 4 rings (SSSR count). The largest absolute Gasteiger partial charge is 0.384 e. The molecule has 136 valence electrons.